The maximum atomic E-state index is 12.9. The van der Waals surface area contributed by atoms with Crippen LogP contribution in [0.25, 0.3) is 0 Å². The average molecular weight is 492 g/mol. The Morgan fingerprint density at radius 3 is 2.77 bits per heavy atom. The molecular weight excluding hydrogens is 462 g/mol. The highest BCUT2D eigenvalue weighted by molar-refractivity contribution is 7.16. The van der Waals surface area contributed by atoms with Crippen molar-refractivity contribution in [2.75, 3.05) is 19.0 Å². The largest absolute Gasteiger partial charge is 0.496 e. The Bertz CT molecular complexity index is 1300. The van der Waals surface area contributed by atoms with Crippen LogP contribution in [0, 0.1) is 25.2 Å². The number of carbonyl (C=O) groups is 2. The van der Waals surface area contributed by atoms with Crippen LogP contribution in [-0.4, -0.2) is 39.9 Å². The number of hydrogen-bond donors (Lipinski definition) is 1. The number of nitrogens with one attached hydrogen (secondary N) is 1. The maximum absolute atomic E-state index is 12.9. The van der Waals surface area contributed by atoms with E-state index in [-0.39, 0.29) is 30.7 Å². The lowest BCUT2D eigenvalue weighted by Crippen LogP contribution is -2.37. The van der Waals surface area contributed by atoms with Crippen LogP contribution in [0.2, 0.25) is 0 Å². The minimum atomic E-state index is -0.155. The Hall–Kier alpha value is -3.64. The lowest BCUT2D eigenvalue weighted by Gasteiger charge is -2.27. The number of carbonyl (C=O) groups excluding carboxylic acids is 2. The van der Waals surface area contributed by atoms with Crippen molar-refractivity contribution in [3.05, 3.63) is 63.5 Å². The van der Waals surface area contributed by atoms with Crippen LogP contribution in [0.15, 0.2) is 30.5 Å². The molecule has 0 saturated heterocycles. The summed E-state index contributed by atoms with van der Waals surface area (Å²) in [4.78, 5) is 32.9. The molecule has 2 aromatic heterocycles. The minimum absolute atomic E-state index is 0.0132. The number of rotatable bonds is 7. The molecule has 1 aliphatic heterocycles. The van der Waals surface area contributed by atoms with Crippen molar-refractivity contribution in [2.45, 2.75) is 52.6 Å². The summed E-state index contributed by atoms with van der Waals surface area (Å²) in [5, 5.41) is 13.3. The quantitative estimate of drug-likeness (QED) is 0.535. The second-order valence-electron chi connectivity index (χ2n) is 8.84. The van der Waals surface area contributed by atoms with Gasteiger partial charge >= 0.3 is 0 Å². The van der Waals surface area contributed by atoms with Crippen LogP contribution in [0.3, 0.4) is 0 Å². The summed E-state index contributed by atoms with van der Waals surface area (Å²) in [6.45, 7) is 6.99. The lowest BCUT2D eigenvalue weighted by molar-refractivity contribution is -0.132. The molecule has 0 spiro atoms. The Morgan fingerprint density at radius 2 is 2.09 bits per heavy atom. The number of methoxy groups -OCH3 is 1. The number of benzene rings is 1. The van der Waals surface area contributed by atoms with Gasteiger partial charge < -0.3 is 19.5 Å². The Balaban J connectivity index is 1.44. The van der Waals surface area contributed by atoms with E-state index in [1.54, 1.807) is 7.11 Å². The molecule has 3 aromatic rings. The number of fused-ring (bicyclic) bond motifs is 1. The molecule has 0 bridgehead atoms. The summed E-state index contributed by atoms with van der Waals surface area (Å²) >= 11 is 1.39. The predicted molar refractivity (Wildman–Crippen MR) is 135 cm³/mol. The van der Waals surface area contributed by atoms with Gasteiger partial charge in [-0.15, -0.1) is 11.3 Å². The molecule has 9 heteroatoms. The van der Waals surface area contributed by atoms with Crippen LogP contribution >= 0.6 is 11.3 Å². The number of anilines is 1. The molecule has 1 atom stereocenters. The minimum Gasteiger partial charge on any atom is -0.496 e. The molecule has 35 heavy (non-hydrogen) atoms. The van der Waals surface area contributed by atoms with Gasteiger partial charge in [-0.05, 0) is 43.4 Å². The third kappa shape index (κ3) is 5.23. The van der Waals surface area contributed by atoms with Crippen LogP contribution in [0.5, 0.6) is 5.75 Å². The normalized spacial score (nSPS) is 13.6. The third-order valence-electron chi connectivity index (χ3n) is 6.34. The Kier molecular flexibility index (Phi) is 7.22. The molecule has 1 aromatic carbocycles. The van der Waals surface area contributed by atoms with Crippen molar-refractivity contribution in [2.24, 2.45) is 0 Å². The van der Waals surface area contributed by atoms with Gasteiger partial charge in [0.2, 0.25) is 11.8 Å². The topological polar surface area (TPSA) is 100 Å². The second kappa shape index (κ2) is 10.3. The van der Waals surface area contributed by atoms with E-state index in [1.807, 2.05) is 60.7 Å². The highest BCUT2D eigenvalue weighted by atomic mass is 32.1. The number of aromatic nitrogens is 2. The number of aryl methyl sites for hydroxylation is 2. The fourth-order valence-electron chi connectivity index (χ4n) is 4.54. The van der Waals surface area contributed by atoms with E-state index in [0.29, 0.717) is 30.1 Å². The molecule has 3 heterocycles. The van der Waals surface area contributed by atoms with Gasteiger partial charge in [0.15, 0.2) is 0 Å². The van der Waals surface area contributed by atoms with E-state index in [0.717, 1.165) is 33.3 Å². The molecule has 0 fully saturated rings. The summed E-state index contributed by atoms with van der Waals surface area (Å²) < 4.78 is 7.28. The monoisotopic (exact) mass is 491 g/mol. The van der Waals surface area contributed by atoms with E-state index in [2.05, 4.69) is 16.4 Å². The molecule has 0 unspecified atom stereocenters. The molecule has 2 amide bonds. The third-order valence-corrected chi connectivity index (χ3v) is 7.47. The average Bonchev–Trinajstić information content (AvgIpc) is 3.35. The highest BCUT2D eigenvalue weighted by Crippen LogP contribution is 2.37. The van der Waals surface area contributed by atoms with Crippen molar-refractivity contribution in [1.82, 2.24) is 14.5 Å². The van der Waals surface area contributed by atoms with Crippen LogP contribution in [0.4, 0.5) is 5.00 Å². The first kappa shape index (κ1) is 24.5. The van der Waals surface area contributed by atoms with E-state index < -0.39 is 0 Å². The highest BCUT2D eigenvalue weighted by Gasteiger charge is 2.28. The molecule has 0 saturated carbocycles. The van der Waals surface area contributed by atoms with Gasteiger partial charge in [-0.1, -0.05) is 25.1 Å². The van der Waals surface area contributed by atoms with Crippen molar-refractivity contribution < 1.29 is 14.3 Å². The van der Waals surface area contributed by atoms with E-state index >= 15 is 0 Å². The number of thiophene rings is 1. The molecule has 0 aliphatic carbocycles. The van der Waals surface area contributed by atoms with Crippen molar-refractivity contribution in [3.8, 4) is 11.8 Å². The van der Waals surface area contributed by atoms with Gasteiger partial charge in [-0.2, -0.15) is 5.26 Å². The first-order valence-electron chi connectivity index (χ1n) is 11.6. The van der Waals surface area contributed by atoms with Crippen molar-refractivity contribution >= 4 is 28.2 Å². The summed E-state index contributed by atoms with van der Waals surface area (Å²) in [5.41, 5.74) is 3.29. The van der Waals surface area contributed by atoms with Gasteiger partial charge in [-0.3, -0.25) is 9.59 Å². The molecule has 182 valence electrons. The second-order valence-corrected chi connectivity index (χ2v) is 9.94. The molecule has 4 rings (SSSR count). The van der Waals surface area contributed by atoms with Gasteiger partial charge in [0, 0.05) is 24.0 Å². The van der Waals surface area contributed by atoms with Gasteiger partial charge in [0.05, 0.1) is 24.9 Å². The zero-order valence-corrected chi connectivity index (χ0v) is 21.2. The summed E-state index contributed by atoms with van der Waals surface area (Å²) in [6, 6.07) is 9.93. The van der Waals surface area contributed by atoms with E-state index in [9.17, 15) is 14.9 Å². The molecule has 8 nitrogen and oxygen atoms in total. The van der Waals surface area contributed by atoms with Crippen LogP contribution in [0.1, 0.15) is 52.3 Å². The van der Waals surface area contributed by atoms with E-state index in [1.165, 1.54) is 11.3 Å². The summed E-state index contributed by atoms with van der Waals surface area (Å²) in [6.07, 6.45) is 2.74. The SMILES string of the molecule is COc1ccccc1[C@@H](C)CC(=O)Nc1sc2c(c1C#N)CCN(C(=O)Cn1cc(C)nc1C)C2. The van der Waals surface area contributed by atoms with E-state index in [4.69, 9.17) is 4.74 Å². The maximum Gasteiger partial charge on any atom is 0.242 e. The Morgan fingerprint density at radius 1 is 1.31 bits per heavy atom. The molecule has 1 aliphatic rings. The van der Waals surface area contributed by atoms with Crippen LogP contribution in [-0.2, 0) is 29.1 Å². The first-order valence-corrected chi connectivity index (χ1v) is 12.4. The lowest BCUT2D eigenvalue weighted by atomic mass is 9.96. The standard InChI is InChI=1S/C26H29N5O3S/c1-16(19-7-5-6-8-22(19)34-4)11-24(32)29-26-21(12-27)20-9-10-30(14-23(20)35-26)25(33)15-31-13-17(2)28-18(31)3/h5-8,13,16H,9-11,14-15H2,1-4H3,(H,29,32)/t16-/m0/s1. The fourth-order valence-corrected chi connectivity index (χ4v) is 5.76. The number of ether oxygens (including phenoxy) is 1. The van der Waals surface area contributed by atoms with Crippen molar-refractivity contribution in [1.29, 1.82) is 5.26 Å². The molecule has 0 radical (unpaired) electrons. The smallest absolute Gasteiger partial charge is 0.242 e. The number of amides is 2. The van der Waals surface area contributed by atoms with Crippen LogP contribution < -0.4 is 10.1 Å². The zero-order valence-electron chi connectivity index (χ0n) is 20.4. The van der Waals surface area contributed by atoms with Gasteiger partial charge in [0.25, 0.3) is 0 Å². The molecule has 1 N–H and O–H groups in total. The number of para-hydroxylation sites is 1. The first-order chi connectivity index (χ1) is 16.8. The predicted octanol–water partition coefficient (Wildman–Crippen LogP) is 4.16. The van der Waals surface area contributed by atoms with Crippen molar-refractivity contribution in [3.63, 3.8) is 0 Å². The number of nitriles is 1. The fraction of sp³-hybridized carbons (Fsp3) is 0.385. The summed E-state index contributed by atoms with van der Waals surface area (Å²) in [7, 11) is 1.62. The number of hydrogen-bond acceptors (Lipinski definition) is 6. The number of imidazole rings is 1. The molecular formula is C26H29N5O3S. The zero-order chi connectivity index (χ0) is 25.1. The summed E-state index contributed by atoms with van der Waals surface area (Å²) in [5.74, 6) is 1.37. The Labute approximate surface area is 209 Å². The number of nitrogens with zero attached hydrogens (tertiary/aromatic N) is 4. The van der Waals surface area contributed by atoms with Gasteiger partial charge in [-0.25, -0.2) is 4.98 Å². The van der Waals surface area contributed by atoms with Gasteiger partial charge in [0.1, 0.15) is 29.2 Å².